The van der Waals surface area contributed by atoms with Crippen molar-refractivity contribution in [3.05, 3.63) is 22.7 Å². The minimum atomic E-state index is -0.159. The molecule has 102 valence electrons. The van der Waals surface area contributed by atoms with E-state index in [0.29, 0.717) is 35.4 Å². The summed E-state index contributed by atoms with van der Waals surface area (Å²) in [7, 11) is 0. The Morgan fingerprint density at radius 2 is 2.37 bits per heavy atom. The molecule has 0 bridgehead atoms. The van der Waals surface area contributed by atoms with Crippen molar-refractivity contribution >= 4 is 27.9 Å². The molecule has 0 aliphatic heterocycles. The van der Waals surface area contributed by atoms with E-state index in [1.807, 2.05) is 6.92 Å². The molecule has 0 aliphatic carbocycles. The van der Waals surface area contributed by atoms with Crippen molar-refractivity contribution in [1.82, 2.24) is 15.5 Å². The Morgan fingerprint density at radius 3 is 3.00 bits per heavy atom. The first kappa shape index (κ1) is 13.3. The largest absolute Gasteiger partial charge is 0.397 e. The summed E-state index contributed by atoms with van der Waals surface area (Å²) in [5, 5.41) is 10.4. The van der Waals surface area contributed by atoms with Gasteiger partial charge in [0.15, 0.2) is 5.82 Å². The van der Waals surface area contributed by atoms with Crippen LogP contribution in [0.5, 0.6) is 0 Å². The summed E-state index contributed by atoms with van der Waals surface area (Å²) in [6.45, 7) is 4.58. The van der Waals surface area contributed by atoms with Gasteiger partial charge >= 0.3 is 0 Å². The number of hydrogen-bond donors (Lipinski definition) is 3. The molecule has 0 radical (unpaired) electrons. The lowest BCUT2D eigenvalue weighted by atomic mass is 10.3. The average Bonchev–Trinajstić information content (AvgIpc) is 2.93. The standard InChI is InChI=1S/C11H15N5O2S/c1-3-13-11(17)10-7(12)4-9(19-10)14-5-8-15-6(2)18-16-8/h4,14H,3,5,12H2,1-2H3,(H,13,17). The highest BCUT2D eigenvalue weighted by atomic mass is 32.1. The minimum Gasteiger partial charge on any atom is -0.397 e. The molecule has 8 heteroatoms. The third kappa shape index (κ3) is 3.22. The first-order valence-corrected chi connectivity index (χ1v) is 6.62. The predicted molar refractivity (Wildman–Crippen MR) is 73.1 cm³/mol. The van der Waals surface area contributed by atoms with Crippen LogP contribution >= 0.6 is 11.3 Å². The van der Waals surface area contributed by atoms with Crippen molar-refractivity contribution in [2.75, 3.05) is 17.6 Å². The fourth-order valence-corrected chi connectivity index (χ4v) is 2.38. The smallest absolute Gasteiger partial charge is 0.263 e. The Balaban J connectivity index is 2.01. The highest BCUT2D eigenvalue weighted by molar-refractivity contribution is 7.18. The first-order valence-electron chi connectivity index (χ1n) is 5.80. The number of hydrogen-bond acceptors (Lipinski definition) is 7. The number of amides is 1. The predicted octanol–water partition coefficient (Wildman–Crippen LogP) is 1.38. The Morgan fingerprint density at radius 1 is 1.58 bits per heavy atom. The van der Waals surface area contributed by atoms with E-state index in [9.17, 15) is 4.79 Å². The Bertz CT molecular complexity index is 577. The van der Waals surface area contributed by atoms with Crippen LogP contribution in [0.15, 0.2) is 10.6 Å². The maximum atomic E-state index is 11.7. The third-order valence-corrected chi connectivity index (χ3v) is 3.40. The van der Waals surface area contributed by atoms with Crippen molar-refractivity contribution in [1.29, 1.82) is 0 Å². The number of nitrogens with zero attached hydrogens (tertiary/aromatic N) is 2. The summed E-state index contributed by atoms with van der Waals surface area (Å²) in [6, 6.07) is 1.72. The molecule has 4 N–H and O–H groups in total. The number of thiophene rings is 1. The quantitative estimate of drug-likeness (QED) is 0.764. The molecule has 0 saturated heterocycles. The molecule has 0 atom stereocenters. The van der Waals surface area contributed by atoms with Gasteiger partial charge in [-0.2, -0.15) is 4.98 Å². The van der Waals surface area contributed by atoms with Crippen molar-refractivity contribution in [3.8, 4) is 0 Å². The van der Waals surface area contributed by atoms with Crippen LogP contribution in [0.3, 0.4) is 0 Å². The number of carbonyl (C=O) groups is 1. The zero-order valence-corrected chi connectivity index (χ0v) is 11.5. The van der Waals surface area contributed by atoms with Gasteiger partial charge in [-0.1, -0.05) is 5.16 Å². The lowest BCUT2D eigenvalue weighted by Crippen LogP contribution is -2.22. The van der Waals surface area contributed by atoms with Gasteiger partial charge in [-0.25, -0.2) is 0 Å². The van der Waals surface area contributed by atoms with Gasteiger partial charge in [0.05, 0.1) is 17.2 Å². The number of nitrogens with two attached hydrogens (primary N) is 1. The number of nitrogens with one attached hydrogen (secondary N) is 2. The van der Waals surface area contributed by atoms with E-state index in [2.05, 4.69) is 20.8 Å². The molecule has 0 unspecified atom stereocenters. The van der Waals surface area contributed by atoms with Gasteiger partial charge in [0.1, 0.15) is 4.88 Å². The topological polar surface area (TPSA) is 106 Å². The molecule has 7 nitrogen and oxygen atoms in total. The van der Waals surface area contributed by atoms with Gasteiger partial charge in [-0.05, 0) is 13.0 Å². The monoisotopic (exact) mass is 281 g/mol. The van der Waals surface area contributed by atoms with Crippen molar-refractivity contribution in [3.63, 3.8) is 0 Å². The number of rotatable bonds is 5. The van der Waals surface area contributed by atoms with Crippen LogP contribution in [0.25, 0.3) is 0 Å². The van der Waals surface area contributed by atoms with Crippen LogP contribution in [-0.4, -0.2) is 22.6 Å². The molecule has 19 heavy (non-hydrogen) atoms. The zero-order chi connectivity index (χ0) is 13.8. The van der Waals surface area contributed by atoms with Crippen LogP contribution in [-0.2, 0) is 6.54 Å². The molecule has 1 amide bonds. The molecular formula is C11H15N5O2S. The van der Waals surface area contributed by atoms with Gasteiger partial charge in [0.2, 0.25) is 5.89 Å². The van der Waals surface area contributed by atoms with Crippen LogP contribution in [0, 0.1) is 6.92 Å². The maximum absolute atomic E-state index is 11.7. The van der Waals surface area contributed by atoms with Crippen LogP contribution in [0.4, 0.5) is 10.7 Å². The summed E-state index contributed by atoms with van der Waals surface area (Å²) < 4.78 is 4.87. The molecule has 2 aromatic heterocycles. The molecule has 2 rings (SSSR count). The van der Waals surface area contributed by atoms with Crippen LogP contribution in [0.2, 0.25) is 0 Å². The molecule has 2 heterocycles. The normalized spacial score (nSPS) is 10.4. The fourth-order valence-electron chi connectivity index (χ4n) is 1.49. The molecule has 0 aliphatic rings. The maximum Gasteiger partial charge on any atom is 0.263 e. The van der Waals surface area contributed by atoms with Crippen molar-refractivity contribution in [2.45, 2.75) is 20.4 Å². The van der Waals surface area contributed by atoms with Gasteiger partial charge in [-0.15, -0.1) is 11.3 Å². The van der Waals surface area contributed by atoms with E-state index in [1.54, 1.807) is 13.0 Å². The average molecular weight is 281 g/mol. The van der Waals surface area contributed by atoms with Gasteiger partial charge in [0.25, 0.3) is 5.91 Å². The summed E-state index contributed by atoms with van der Waals surface area (Å²) >= 11 is 1.30. The zero-order valence-electron chi connectivity index (χ0n) is 10.7. The summed E-state index contributed by atoms with van der Waals surface area (Å²) in [6.07, 6.45) is 0. The Labute approximate surface area is 114 Å². The number of aryl methyl sites for hydroxylation is 1. The Kier molecular flexibility index (Phi) is 4.00. The summed E-state index contributed by atoms with van der Waals surface area (Å²) in [5.74, 6) is 0.919. The summed E-state index contributed by atoms with van der Waals surface area (Å²) in [5.41, 5.74) is 6.27. The second kappa shape index (κ2) is 5.70. The molecule has 2 aromatic rings. The van der Waals surface area contributed by atoms with Gasteiger partial charge in [0, 0.05) is 13.5 Å². The van der Waals surface area contributed by atoms with E-state index in [0.717, 1.165) is 5.00 Å². The number of nitrogen functional groups attached to an aromatic ring is 1. The summed E-state index contributed by atoms with van der Waals surface area (Å²) in [4.78, 5) is 16.3. The number of carbonyl (C=O) groups excluding carboxylic acids is 1. The van der Waals surface area contributed by atoms with E-state index >= 15 is 0 Å². The highest BCUT2D eigenvalue weighted by Gasteiger charge is 2.13. The molecule has 0 fully saturated rings. The lowest BCUT2D eigenvalue weighted by molar-refractivity contribution is 0.0960. The number of anilines is 2. The van der Waals surface area contributed by atoms with E-state index < -0.39 is 0 Å². The molecule has 0 aromatic carbocycles. The third-order valence-electron chi connectivity index (χ3n) is 2.29. The SMILES string of the molecule is CCNC(=O)c1sc(NCc2noc(C)n2)cc1N. The fraction of sp³-hybridized carbons (Fsp3) is 0.364. The lowest BCUT2D eigenvalue weighted by Gasteiger charge is -1.99. The second-order valence-corrected chi connectivity index (χ2v) is 4.89. The van der Waals surface area contributed by atoms with E-state index in [-0.39, 0.29) is 5.91 Å². The number of aromatic nitrogens is 2. The molecular weight excluding hydrogens is 266 g/mol. The van der Waals surface area contributed by atoms with Gasteiger partial charge in [-0.3, -0.25) is 4.79 Å². The minimum absolute atomic E-state index is 0.159. The highest BCUT2D eigenvalue weighted by Crippen LogP contribution is 2.29. The Hall–Kier alpha value is -2.09. The van der Waals surface area contributed by atoms with Crippen molar-refractivity contribution < 1.29 is 9.32 Å². The molecule has 0 saturated carbocycles. The second-order valence-electron chi connectivity index (χ2n) is 3.84. The van der Waals surface area contributed by atoms with Crippen LogP contribution in [0.1, 0.15) is 28.3 Å². The van der Waals surface area contributed by atoms with E-state index in [1.165, 1.54) is 11.3 Å². The van der Waals surface area contributed by atoms with Gasteiger partial charge < -0.3 is 20.9 Å². The van der Waals surface area contributed by atoms with Crippen LogP contribution < -0.4 is 16.4 Å². The first-order chi connectivity index (χ1) is 9.10. The van der Waals surface area contributed by atoms with E-state index in [4.69, 9.17) is 10.3 Å². The molecule has 0 spiro atoms. The van der Waals surface area contributed by atoms with Crippen molar-refractivity contribution in [2.24, 2.45) is 0 Å².